The second-order valence-electron chi connectivity index (χ2n) is 7.32. The average Bonchev–Trinajstić information content (AvgIpc) is 3.20. The molecule has 1 amide bonds. The molecule has 2 aliphatic rings. The summed E-state index contributed by atoms with van der Waals surface area (Å²) in [4.78, 5) is 30.7. The molecule has 7 heteroatoms. The normalized spacial score (nSPS) is 16.1. The first-order valence-electron chi connectivity index (χ1n) is 9.82. The van der Waals surface area contributed by atoms with Crippen LogP contribution in [-0.4, -0.2) is 23.5 Å². The third kappa shape index (κ3) is 3.39. The molecule has 1 saturated carbocycles. The quantitative estimate of drug-likeness (QED) is 0.661. The van der Waals surface area contributed by atoms with Gasteiger partial charge in [-0.25, -0.2) is 4.98 Å². The molecular formula is C21H24N2O4S. The molecule has 1 aromatic heterocycles. The summed E-state index contributed by atoms with van der Waals surface area (Å²) in [5, 5.41) is 3.49. The van der Waals surface area contributed by atoms with Crippen LogP contribution in [0.1, 0.15) is 66.9 Å². The number of anilines is 1. The van der Waals surface area contributed by atoms with Gasteiger partial charge in [0.05, 0.1) is 16.0 Å². The molecule has 1 aromatic carbocycles. The fourth-order valence-corrected chi connectivity index (χ4v) is 4.53. The van der Waals surface area contributed by atoms with E-state index in [2.05, 4.69) is 17.2 Å². The molecule has 0 unspecified atom stereocenters. The van der Waals surface area contributed by atoms with Crippen molar-refractivity contribution >= 4 is 28.2 Å². The predicted molar refractivity (Wildman–Crippen MR) is 107 cm³/mol. The minimum Gasteiger partial charge on any atom is -0.454 e. The first-order valence-corrected chi connectivity index (χ1v) is 10.6. The lowest BCUT2D eigenvalue weighted by molar-refractivity contribution is -0.118. The van der Waals surface area contributed by atoms with E-state index in [-0.39, 0.29) is 18.5 Å². The van der Waals surface area contributed by atoms with Gasteiger partial charge in [0, 0.05) is 6.42 Å². The standard InChI is InChI=1S/C21H24N2O4S/c1-3-5-14-18(15(24)6-4-2)28-20(22-14)23-19(25)21(9-10-21)13-7-8-16-17(11-13)27-12-26-16/h7-8,11H,3-6,9-10,12H2,1-2H3,(H,22,23,25). The third-order valence-corrected chi connectivity index (χ3v) is 6.30. The molecule has 0 spiro atoms. The van der Waals surface area contributed by atoms with E-state index < -0.39 is 5.41 Å². The second-order valence-corrected chi connectivity index (χ2v) is 8.32. The minimum atomic E-state index is -0.550. The van der Waals surface area contributed by atoms with Gasteiger partial charge in [-0.2, -0.15) is 0 Å². The fraction of sp³-hybridized carbons (Fsp3) is 0.476. The summed E-state index contributed by atoms with van der Waals surface area (Å²) in [6.07, 6.45) is 4.53. The van der Waals surface area contributed by atoms with E-state index in [9.17, 15) is 9.59 Å². The zero-order valence-corrected chi connectivity index (χ0v) is 17.0. The lowest BCUT2D eigenvalue weighted by atomic mass is 9.94. The minimum absolute atomic E-state index is 0.0716. The van der Waals surface area contributed by atoms with Gasteiger partial charge >= 0.3 is 0 Å². The van der Waals surface area contributed by atoms with Gasteiger partial charge in [0.1, 0.15) is 0 Å². The van der Waals surface area contributed by atoms with E-state index in [1.54, 1.807) is 0 Å². The molecule has 2 aromatic rings. The van der Waals surface area contributed by atoms with Crippen molar-refractivity contribution in [3.8, 4) is 11.5 Å². The number of aromatic nitrogens is 1. The topological polar surface area (TPSA) is 77.5 Å². The van der Waals surface area contributed by atoms with Crippen LogP contribution in [-0.2, 0) is 16.6 Å². The maximum Gasteiger partial charge on any atom is 0.236 e. The highest BCUT2D eigenvalue weighted by Gasteiger charge is 2.52. The highest BCUT2D eigenvalue weighted by molar-refractivity contribution is 7.17. The number of hydrogen-bond acceptors (Lipinski definition) is 6. The molecule has 4 rings (SSSR count). The van der Waals surface area contributed by atoms with Gasteiger partial charge in [0.25, 0.3) is 0 Å². The van der Waals surface area contributed by atoms with Crippen LogP contribution in [0.15, 0.2) is 18.2 Å². The number of hydrogen-bond donors (Lipinski definition) is 1. The number of thiazole rings is 1. The number of carbonyl (C=O) groups is 2. The van der Waals surface area contributed by atoms with Crippen molar-refractivity contribution in [3.63, 3.8) is 0 Å². The summed E-state index contributed by atoms with van der Waals surface area (Å²) in [5.41, 5.74) is 1.18. The monoisotopic (exact) mass is 400 g/mol. The summed E-state index contributed by atoms with van der Waals surface area (Å²) in [6, 6.07) is 5.69. The van der Waals surface area contributed by atoms with Crippen molar-refractivity contribution in [1.29, 1.82) is 0 Å². The van der Waals surface area contributed by atoms with Gasteiger partial charge < -0.3 is 14.8 Å². The molecule has 0 radical (unpaired) electrons. The Labute approximate surface area is 168 Å². The molecule has 1 N–H and O–H groups in total. The first-order chi connectivity index (χ1) is 13.6. The van der Waals surface area contributed by atoms with E-state index in [1.165, 1.54) is 11.3 Å². The molecule has 0 bridgehead atoms. The van der Waals surface area contributed by atoms with E-state index in [0.29, 0.717) is 27.9 Å². The highest BCUT2D eigenvalue weighted by Crippen LogP contribution is 2.51. The highest BCUT2D eigenvalue weighted by atomic mass is 32.1. The molecular weight excluding hydrogens is 376 g/mol. The number of ketones is 1. The van der Waals surface area contributed by atoms with Crippen LogP contribution >= 0.6 is 11.3 Å². The molecule has 0 atom stereocenters. The van der Waals surface area contributed by atoms with Crippen molar-refractivity contribution < 1.29 is 19.1 Å². The van der Waals surface area contributed by atoms with E-state index >= 15 is 0 Å². The summed E-state index contributed by atoms with van der Waals surface area (Å²) in [5.74, 6) is 1.44. The van der Waals surface area contributed by atoms with Crippen molar-refractivity contribution in [1.82, 2.24) is 4.98 Å². The lowest BCUT2D eigenvalue weighted by Crippen LogP contribution is -2.27. The Morgan fingerprint density at radius 2 is 1.96 bits per heavy atom. The lowest BCUT2D eigenvalue weighted by Gasteiger charge is -2.15. The SMILES string of the molecule is CCCC(=O)c1sc(NC(=O)C2(c3ccc4c(c3)OCO4)CC2)nc1CCC. The van der Waals surface area contributed by atoms with Crippen LogP contribution in [0, 0.1) is 0 Å². The second kappa shape index (κ2) is 7.54. The van der Waals surface area contributed by atoms with Crippen LogP contribution in [0.4, 0.5) is 5.13 Å². The summed E-state index contributed by atoms with van der Waals surface area (Å²) < 4.78 is 10.8. The smallest absolute Gasteiger partial charge is 0.236 e. The first kappa shape index (κ1) is 18.9. The van der Waals surface area contributed by atoms with E-state index in [4.69, 9.17) is 9.47 Å². The zero-order chi connectivity index (χ0) is 19.7. The molecule has 28 heavy (non-hydrogen) atoms. The van der Waals surface area contributed by atoms with E-state index in [1.807, 2.05) is 25.1 Å². The largest absolute Gasteiger partial charge is 0.454 e. The van der Waals surface area contributed by atoms with Crippen molar-refractivity contribution in [2.45, 2.75) is 57.8 Å². The van der Waals surface area contributed by atoms with Crippen molar-refractivity contribution in [2.24, 2.45) is 0 Å². The fourth-order valence-electron chi connectivity index (χ4n) is 3.55. The Bertz CT molecular complexity index is 917. The van der Waals surface area contributed by atoms with Crippen LogP contribution in [0.2, 0.25) is 0 Å². The number of benzene rings is 1. The Hall–Kier alpha value is -2.41. The molecule has 1 aliphatic carbocycles. The van der Waals surface area contributed by atoms with Crippen molar-refractivity contribution in [3.05, 3.63) is 34.3 Å². The predicted octanol–water partition coefficient (Wildman–Crippen LogP) is 4.48. The van der Waals surface area contributed by atoms with Gasteiger partial charge in [-0.1, -0.05) is 37.7 Å². The molecule has 6 nitrogen and oxygen atoms in total. The Morgan fingerprint density at radius 1 is 1.18 bits per heavy atom. The Morgan fingerprint density at radius 3 is 2.68 bits per heavy atom. The number of aryl methyl sites for hydroxylation is 1. The number of rotatable bonds is 8. The van der Waals surface area contributed by atoms with Gasteiger partial charge in [-0.05, 0) is 43.4 Å². The van der Waals surface area contributed by atoms with Crippen LogP contribution in [0.5, 0.6) is 11.5 Å². The number of fused-ring (bicyclic) bond motifs is 1. The Kier molecular flexibility index (Phi) is 5.10. The number of nitrogens with one attached hydrogen (secondary N) is 1. The van der Waals surface area contributed by atoms with Gasteiger partial charge in [-0.3, -0.25) is 9.59 Å². The molecule has 2 heterocycles. The maximum absolute atomic E-state index is 13.1. The molecule has 0 saturated heterocycles. The molecule has 1 fully saturated rings. The number of ether oxygens (including phenoxy) is 2. The van der Waals surface area contributed by atoms with Crippen LogP contribution < -0.4 is 14.8 Å². The van der Waals surface area contributed by atoms with Crippen LogP contribution in [0.3, 0.4) is 0 Å². The van der Waals surface area contributed by atoms with Crippen molar-refractivity contribution in [2.75, 3.05) is 12.1 Å². The zero-order valence-electron chi connectivity index (χ0n) is 16.2. The van der Waals surface area contributed by atoms with Crippen LogP contribution in [0.25, 0.3) is 0 Å². The third-order valence-electron chi connectivity index (χ3n) is 5.24. The molecule has 148 valence electrons. The summed E-state index contributed by atoms with van der Waals surface area (Å²) in [7, 11) is 0. The number of Topliss-reactive ketones (excluding diaryl/α,β-unsaturated/α-hetero) is 1. The van der Waals surface area contributed by atoms with E-state index in [0.717, 1.165) is 43.4 Å². The van der Waals surface area contributed by atoms with Gasteiger partial charge in [0.2, 0.25) is 12.7 Å². The Balaban J connectivity index is 1.55. The average molecular weight is 401 g/mol. The number of nitrogens with zero attached hydrogens (tertiary/aromatic N) is 1. The van der Waals surface area contributed by atoms with Gasteiger partial charge in [0.15, 0.2) is 22.4 Å². The van der Waals surface area contributed by atoms with Gasteiger partial charge in [-0.15, -0.1) is 0 Å². The number of amides is 1. The molecule has 1 aliphatic heterocycles. The summed E-state index contributed by atoms with van der Waals surface area (Å²) in [6.45, 7) is 4.26. The maximum atomic E-state index is 13.1. The number of carbonyl (C=O) groups excluding carboxylic acids is 2. The summed E-state index contributed by atoms with van der Waals surface area (Å²) >= 11 is 1.30.